The Morgan fingerprint density at radius 3 is 2.67 bits per heavy atom. The zero-order valence-corrected chi connectivity index (χ0v) is 11.5. The first-order chi connectivity index (χ1) is 8.48. The number of ether oxygens (including phenoxy) is 1. The Hall–Kier alpha value is -1.14. The van der Waals surface area contributed by atoms with Gasteiger partial charge in [0.2, 0.25) is 5.88 Å². The molecule has 0 aliphatic heterocycles. The summed E-state index contributed by atoms with van der Waals surface area (Å²) in [6.07, 6.45) is 1.71. The molecule has 1 atom stereocenters. The number of nitrogens with zero attached hydrogens (tertiary/aromatic N) is 1. The third kappa shape index (κ3) is 4.62. The van der Waals surface area contributed by atoms with Crippen LogP contribution in [0.1, 0.15) is 31.4 Å². The number of rotatable bonds is 7. The first-order valence-electron chi connectivity index (χ1n) is 5.87. The Kier molecular flexibility index (Phi) is 5.55. The van der Waals surface area contributed by atoms with Crippen LogP contribution in [0.3, 0.4) is 0 Å². The quantitative estimate of drug-likeness (QED) is 0.811. The summed E-state index contributed by atoms with van der Waals surface area (Å²) in [7, 11) is -1.43. The minimum Gasteiger partial charge on any atom is -0.481 e. The third-order valence-corrected chi connectivity index (χ3v) is 4.52. The monoisotopic (exact) mass is 273 g/mol. The lowest BCUT2D eigenvalue weighted by Crippen LogP contribution is -2.10. The van der Waals surface area contributed by atoms with Crippen LogP contribution in [0.25, 0.3) is 0 Å². The van der Waals surface area contributed by atoms with Crippen LogP contribution in [0.4, 0.5) is 0 Å². The molecule has 102 valence electrons. The minimum atomic E-state index is -2.95. The fourth-order valence-electron chi connectivity index (χ4n) is 1.52. The van der Waals surface area contributed by atoms with Crippen molar-refractivity contribution in [1.29, 1.82) is 0 Å². The Morgan fingerprint density at radius 1 is 1.44 bits per heavy atom. The lowest BCUT2D eigenvalue weighted by Gasteiger charge is -2.10. The van der Waals surface area contributed by atoms with Crippen molar-refractivity contribution in [2.45, 2.75) is 25.9 Å². The molecular formula is C12H19NO4S. The predicted octanol–water partition coefficient (Wildman–Crippen LogP) is 1.34. The van der Waals surface area contributed by atoms with Gasteiger partial charge in [-0.05, 0) is 24.5 Å². The highest BCUT2D eigenvalue weighted by molar-refractivity contribution is 7.91. The number of aromatic nitrogens is 1. The highest BCUT2D eigenvalue weighted by Gasteiger charge is 2.12. The number of hydrogen-bond acceptors (Lipinski definition) is 5. The molecule has 0 radical (unpaired) electrons. The van der Waals surface area contributed by atoms with Gasteiger partial charge in [0, 0.05) is 18.0 Å². The first kappa shape index (κ1) is 14.9. The summed E-state index contributed by atoms with van der Waals surface area (Å²) in [5.74, 6) is 0.747. The third-order valence-electron chi connectivity index (χ3n) is 2.73. The van der Waals surface area contributed by atoms with Crippen molar-refractivity contribution in [2.75, 3.05) is 18.6 Å². The highest BCUT2D eigenvalue weighted by Crippen LogP contribution is 2.19. The average molecular weight is 273 g/mol. The van der Waals surface area contributed by atoms with E-state index in [2.05, 4.69) is 4.98 Å². The van der Waals surface area contributed by atoms with E-state index in [-0.39, 0.29) is 11.5 Å². The maximum absolute atomic E-state index is 11.3. The van der Waals surface area contributed by atoms with E-state index in [9.17, 15) is 13.5 Å². The summed E-state index contributed by atoms with van der Waals surface area (Å²) < 4.78 is 27.5. The fraction of sp³-hybridized carbons (Fsp3) is 0.583. The van der Waals surface area contributed by atoms with Crippen LogP contribution in [0.5, 0.6) is 5.88 Å². The molecule has 18 heavy (non-hydrogen) atoms. The van der Waals surface area contributed by atoms with Gasteiger partial charge < -0.3 is 9.84 Å². The van der Waals surface area contributed by atoms with Gasteiger partial charge in [-0.2, -0.15) is 0 Å². The molecule has 0 aliphatic rings. The van der Waals surface area contributed by atoms with Crippen LogP contribution in [0, 0.1) is 0 Å². The maximum Gasteiger partial charge on any atom is 0.212 e. The van der Waals surface area contributed by atoms with Gasteiger partial charge in [0.25, 0.3) is 0 Å². The number of hydrogen-bond donors (Lipinski definition) is 1. The lowest BCUT2D eigenvalue weighted by atomic mass is 10.1. The number of methoxy groups -OCH3 is 1. The van der Waals surface area contributed by atoms with Gasteiger partial charge in [-0.25, -0.2) is 13.4 Å². The molecule has 0 fully saturated rings. The number of sulfone groups is 1. The zero-order valence-electron chi connectivity index (χ0n) is 10.7. The molecule has 1 aromatic heterocycles. The van der Waals surface area contributed by atoms with E-state index in [1.165, 1.54) is 13.3 Å². The van der Waals surface area contributed by atoms with Gasteiger partial charge in [-0.3, -0.25) is 0 Å². The van der Waals surface area contributed by atoms with Gasteiger partial charge in [0.1, 0.15) is 9.84 Å². The smallest absolute Gasteiger partial charge is 0.212 e. The molecule has 5 nitrogen and oxygen atoms in total. The Labute approximate surface area is 108 Å². The SMILES string of the molecule is CCS(=O)(=O)CCCC(O)c1ccc(OC)nc1. The van der Waals surface area contributed by atoms with Gasteiger partial charge in [-0.15, -0.1) is 0 Å². The maximum atomic E-state index is 11.3. The molecule has 1 aromatic rings. The molecule has 1 heterocycles. The molecule has 0 aliphatic carbocycles. The second-order valence-electron chi connectivity index (χ2n) is 4.03. The zero-order chi connectivity index (χ0) is 13.6. The Bertz CT molecular complexity index is 455. The summed E-state index contributed by atoms with van der Waals surface area (Å²) in [5.41, 5.74) is 0.671. The van der Waals surface area contributed by atoms with Crippen LogP contribution < -0.4 is 4.74 Å². The minimum absolute atomic E-state index is 0.115. The molecule has 0 spiro atoms. The molecular weight excluding hydrogens is 254 g/mol. The molecule has 1 N–H and O–H groups in total. The first-order valence-corrected chi connectivity index (χ1v) is 7.69. The molecule has 0 saturated carbocycles. The fourth-order valence-corrected chi connectivity index (χ4v) is 2.41. The van der Waals surface area contributed by atoms with Crippen LogP contribution in [0.15, 0.2) is 18.3 Å². The average Bonchev–Trinajstić information content (AvgIpc) is 2.38. The van der Waals surface area contributed by atoms with Crippen molar-refractivity contribution in [1.82, 2.24) is 4.98 Å². The molecule has 1 rings (SSSR count). The van der Waals surface area contributed by atoms with E-state index < -0.39 is 15.9 Å². The summed E-state index contributed by atoms with van der Waals surface area (Å²) in [4.78, 5) is 3.99. The largest absolute Gasteiger partial charge is 0.481 e. The molecule has 1 unspecified atom stereocenters. The summed E-state index contributed by atoms with van der Waals surface area (Å²) in [6.45, 7) is 1.62. The van der Waals surface area contributed by atoms with E-state index in [4.69, 9.17) is 4.74 Å². The van der Waals surface area contributed by atoms with Gasteiger partial charge in [-0.1, -0.05) is 6.92 Å². The normalized spacial score (nSPS) is 13.3. The van der Waals surface area contributed by atoms with Gasteiger partial charge in [0.05, 0.1) is 19.0 Å². The summed E-state index contributed by atoms with van der Waals surface area (Å²) >= 11 is 0. The Balaban J connectivity index is 2.47. The highest BCUT2D eigenvalue weighted by atomic mass is 32.2. The Morgan fingerprint density at radius 2 is 2.17 bits per heavy atom. The van der Waals surface area contributed by atoms with Crippen molar-refractivity contribution in [3.05, 3.63) is 23.9 Å². The van der Waals surface area contributed by atoms with Crippen molar-refractivity contribution >= 4 is 9.84 Å². The lowest BCUT2D eigenvalue weighted by molar-refractivity contribution is 0.166. The number of aliphatic hydroxyl groups is 1. The molecule has 0 amide bonds. The van der Waals surface area contributed by atoms with Crippen LogP contribution >= 0.6 is 0 Å². The van der Waals surface area contributed by atoms with Crippen LogP contribution in [-0.4, -0.2) is 37.1 Å². The topological polar surface area (TPSA) is 76.5 Å². The summed E-state index contributed by atoms with van der Waals surface area (Å²) in [6, 6.07) is 3.40. The number of pyridine rings is 1. The van der Waals surface area contributed by atoms with Gasteiger partial charge >= 0.3 is 0 Å². The van der Waals surface area contributed by atoms with E-state index >= 15 is 0 Å². The second kappa shape index (κ2) is 6.70. The van der Waals surface area contributed by atoms with Crippen molar-refractivity contribution in [2.24, 2.45) is 0 Å². The predicted molar refractivity (Wildman–Crippen MR) is 69.3 cm³/mol. The van der Waals surface area contributed by atoms with E-state index in [0.717, 1.165) is 0 Å². The van der Waals surface area contributed by atoms with Gasteiger partial charge in [0.15, 0.2) is 0 Å². The molecule has 0 saturated heterocycles. The van der Waals surface area contributed by atoms with E-state index in [0.29, 0.717) is 24.3 Å². The molecule has 0 bridgehead atoms. The molecule has 6 heteroatoms. The van der Waals surface area contributed by atoms with E-state index in [1.807, 2.05) is 0 Å². The van der Waals surface area contributed by atoms with Crippen LogP contribution in [0.2, 0.25) is 0 Å². The van der Waals surface area contributed by atoms with Crippen molar-refractivity contribution < 1.29 is 18.3 Å². The van der Waals surface area contributed by atoms with Crippen LogP contribution in [-0.2, 0) is 9.84 Å². The molecule has 0 aromatic carbocycles. The summed E-state index contributed by atoms with van der Waals surface area (Å²) in [5, 5.41) is 9.88. The van der Waals surface area contributed by atoms with E-state index in [1.54, 1.807) is 19.1 Å². The standard InChI is InChI=1S/C12H19NO4S/c1-3-18(15,16)8-4-5-11(14)10-6-7-12(17-2)13-9-10/h6-7,9,11,14H,3-5,8H2,1-2H3. The number of aliphatic hydroxyl groups excluding tert-OH is 1. The van der Waals surface area contributed by atoms with Crippen molar-refractivity contribution in [3.8, 4) is 5.88 Å². The van der Waals surface area contributed by atoms with Crippen molar-refractivity contribution in [3.63, 3.8) is 0 Å². The second-order valence-corrected chi connectivity index (χ2v) is 6.50.